The van der Waals surface area contributed by atoms with Crippen molar-refractivity contribution in [2.45, 2.75) is 19.9 Å². The Morgan fingerprint density at radius 2 is 1.67 bits per heavy atom. The van der Waals surface area contributed by atoms with E-state index in [0.717, 1.165) is 13.1 Å². The van der Waals surface area contributed by atoms with Gasteiger partial charge in [-0.2, -0.15) is 0 Å². The van der Waals surface area contributed by atoms with Gasteiger partial charge in [0.2, 0.25) is 0 Å². The molecule has 0 saturated carbocycles. The molecule has 0 bridgehead atoms. The van der Waals surface area contributed by atoms with E-state index in [0.29, 0.717) is 12.6 Å². The lowest BCUT2D eigenvalue weighted by Gasteiger charge is -2.29. The van der Waals surface area contributed by atoms with Gasteiger partial charge in [0.1, 0.15) is 0 Å². The molecule has 0 radical (unpaired) electrons. The minimum Gasteiger partial charge on any atom is -0.329 e. The molecule has 0 unspecified atom stereocenters. The van der Waals surface area contributed by atoms with Crippen molar-refractivity contribution in [2.24, 2.45) is 5.73 Å². The Bertz CT molecular complexity index is 498. The molecule has 0 aliphatic carbocycles. The van der Waals surface area contributed by atoms with Gasteiger partial charge in [0.15, 0.2) is 0 Å². The second-order valence-electron chi connectivity index (χ2n) is 4.54. The van der Waals surface area contributed by atoms with Crippen molar-refractivity contribution < 1.29 is 0 Å². The molecular formula is C16H22N2. The molecule has 0 fully saturated rings. The summed E-state index contributed by atoms with van der Waals surface area (Å²) in [6, 6.07) is 15.3. The third-order valence-corrected chi connectivity index (χ3v) is 3.66. The van der Waals surface area contributed by atoms with Gasteiger partial charge in [0, 0.05) is 12.6 Å². The molecule has 0 spiro atoms. The zero-order valence-corrected chi connectivity index (χ0v) is 11.3. The SMILES string of the molecule is CCN(CC)[C@H](CN)c1cccc2ccccc12. The number of nitrogens with zero attached hydrogens (tertiary/aromatic N) is 1. The minimum absolute atomic E-state index is 0.311. The van der Waals surface area contributed by atoms with E-state index in [9.17, 15) is 0 Å². The summed E-state index contributed by atoms with van der Waals surface area (Å²) in [6.45, 7) is 7.10. The summed E-state index contributed by atoms with van der Waals surface area (Å²) < 4.78 is 0. The molecule has 0 amide bonds. The largest absolute Gasteiger partial charge is 0.329 e. The third-order valence-electron chi connectivity index (χ3n) is 3.66. The molecule has 96 valence electrons. The maximum Gasteiger partial charge on any atom is 0.0476 e. The van der Waals surface area contributed by atoms with Crippen LogP contribution < -0.4 is 5.73 Å². The minimum atomic E-state index is 0.311. The number of nitrogens with two attached hydrogens (primary N) is 1. The van der Waals surface area contributed by atoms with Crippen molar-refractivity contribution in [3.05, 3.63) is 48.0 Å². The lowest BCUT2D eigenvalue weighted by molar-refractivity contribution is 0.225. The van der Waals surface area contributed by atoms with Gasteiger partial charge in [-0.3, -0.25) is 4.90 Å². The first kappa shape index (κ1) is 13.1. The molecule has 1 atom stereocenters. The molecule has 0 saturated heterocycles. The van der Waals surface area contributed by atoms with Gasteiger partial charge in [-0.15, -0.1) is 0 Å². The molecule has 2 nitrogen and oxygen atoms in total. The van der Waals surface area contributed by atoms with Crippen molar-refractivity contribution in [3.8, 4) is 0 Å². The van der Waals surface area contributed by atoms with E-state index in [1.807, 2.05) is 0 Å². The van der Waals surface area contributed by atoms with Crippen LogP contribution in [0.2, 0.25) is 0 Å². The van der Waals surface area contributed by atoms with Crippen molar-refractivity contribution in [3.63, 3.8) is 0 Å². The Morgan fingerprint density at radius 1 is 1.00 bits per heavy atom. The fourth-order valence-electron chi connectivity index (χ4n) is 2.68. The molecule has 0 aliphatic heterocycles. The standard InChI is InChI=1S/C16H22N2/c1-3-18(4-2)16(12-17)15-11-7-9-13-8-5-6-10-14(13)15/h5-11,16H,3-4,12,17H2,1-2H3/t16-/m1/s1. The number of hydrogen-bond donors (Lipinski definition) is 1. The van der Waals surface area contributed by atoms with Crippen LogP contribution in [0.5, 0.6) is 0 Å². The van der Waals surface area contributed by atoms with Gasteiger partial charge in [0.05, 0.1) is 0 Å². The number of hydrogen-bond acceptors (Lipinski definition) is 2. The molecule has 2 aromatic carbocycles. The van der Waals surface area contributed by atoms with Crippen LogP contribution in [0.4, 0.5) is 0 Å². The predicted molar refractivity (Wildman–Crippen MR) is 78.7 cm³/mol. The topological polar surface area (TPSA) is 29.3 Å². The summed E-state index contributed by atoms with van der Waals surface area (Å²) in [7, 11) is 0. The molecular weight excluding hydrogens is 220 g/mol. The van der Waals surface area contributed by atoms with E-state index in [-0.39, 0.29) is 0 Å². The first-order valence-electron chi connectivity index (χ1n) is 6.73. The fourth-order valence-corrected chi connectivity index (χ4v) is 2.68. The average Bonchev–Trinajstić information content (AvgIpc) is 2.44. The first-order chi connectivity index (χ1) is 8.81. The van der Waals surface area contributed by atoms with Crippen molar-refractivity contribution in [1.82, 2.24) is 4.90 Å². The molecule has 2 heteroatoms. The second kappa shape index (κ2) is 5.98. The van der Waals surface area contributed by atoms with Crippen LogP contribution in [0.3, 0.4) is 0 Å². The number of rotatable bonds is 5. The van der Waals surface area contributed by atoms with E-state index >= 15 is 0 Å². The predicted octanol–water partition coefficient (Wildman–Crippen LogP) is 3.18. The van der Waals surface area contributed by atoms with Crippen LogP contribution in [0, 0.1) is 0 Å². The molecule has 0 heterocycles. The molecule has 2 N–H and O–H groups in total. The molecule has 2 rings (SSSR count). The van der Waals surface area contributed by atoms with Crippen LogP contribution >= 0.6 is 0 Å². The monoisotopic (exact) mass is 242 g/mol. The van der Waals surface area contributed by atoms with Gasteiger partial charge < -0.3 is 5.73 Å². The zero-order chi connectivity index (χ0) is 13.0. The maximum atomic E-state index is 6.01. The molecule has 0 aliphatic rings. The second-order valence-corrected chi connectivity index (χ2v) is 4.54. The van der Waals surface area contributed by atoms with E-state index in [1.165, 1.54) is 16.3 Å². The Labute approximate surface area is 109 Å². The molecule has 18 heavy (non-hydrogen) atoms. The van der Waals surface area contributed by atoms with Gasteiger partial charge >= 0.3 is 0 Å². The van der Waals surface area contributed by atoms with Crippen molar-refractivity contribution in [2.75, 3.05) is 19.6 Å². The van der Waals surface area contributed by atoms with E-state index in [4.69, 9.17) is 5.73 Å². The third kappa shape index (κ3) is 2.40. The first-order valence-corrected chi connectivity index (χ1v) is 6.73. The highest BCUT2D eigenvalue weighted by molar-refractivity contribution is 5.86. The quantitative estimate of drug-likeness (QED) is 0.872. The average molecular weight is 242 g/mol. The van der Waals surface area contributed by atoms with Gasteiger partial charge in [-0.05, 0) is 29.4 Å². The van der Waals surface area contributed by atoms with Gasteiger partial charge in [-0.1, -0.05) is 56.3 Å². The van der Waals surface area contributed by atoms with Gasteiger partial charge in [0.25, 0.3) is 0 Å². The highest BCUT2D eigenvalue weighted by atomic mass is 15.2. The summed E-state index contributed by atoms with van der Waals surface area (Å²) in [5, 5.41) is 2.61. The Hall–Kier alpha value is -1.38. The summed E-state index contributed by atoms with van der Waals surface area (Å²) in [5.74, 6) is 0. The smallest absolute Gasteiger partial charge is 0.0476 e. The number of likely N-dealkylation sites (N-methyl/N-ethyl adjacent to an activating group) is 1. The van der Waals surface area contributed by atoms with Crippen LogP contribution in [0.15, 0.2) is 42.5 Å². The van der Waals surface area contributed by atoms with E-state index in [1.54, 1.807) is 0 Å². The Balaban J connectivity index is 2.51. The Morgan fingerprint density at radius 3 is 2.33 bits per heavy atom. The van der Waals surface area contributed by atoms with E-state index < -0.39 is 0 Å². The van der Waals surface area contributed by atoms with E-state index in [2.05, 4.69) is 61.2 Å². The number of fused-ring (bicyclic) bond motifs is 1. The van der Waals surface area contributed by atoms with Crippen LogP contribution in [-0.4, -0.2) is 24.5 Å². The fraction of sp³-hybridized carbons (Fsp3) is 0.375. The van der Waals surface area contributed by atoms with Crippen molar-refractivity contribution in [1.29, 1.82) is 0 Å². The summed E-state index contributed by atoms with van der Waals surface area (Å²) >= 11 is 0. The normalized spacial score (nSPS) is 13.1. The molecule has 2 aromatic rings. The Kier molecular flexibility index (Phi) is 4.34. The molecule has 0 aromatic heterocycles. The van der Waals surface area contributed by atoms with Crippen LogP contribution in [0.1, 0.15) is 25.5 Å². The summed E-state index contributed by atoms with van der Waals surface area (Å²) in [4.78, 5) is 2.42. The van der Waals surface area contributed by atoms with Gasteiger partial charge in [-0.25, -0.2) is 0 Å². The highest BCUT2D eigenvalue weighted by Gasteiger charge is 2.17. The summed E-state index contributed by atoms with van der Waals surface area (Å²) in [5.41, 5.74) is 7.35. The highest BCUT2D eigenvalue weighted by Crippen LogP contribution is 2.27. The lowest BCUT2D eigenvalue weighted by atomic mass is 9.97. The lowest BCUT2D eigenvalue weighted by Crippen LogP contribution is -2.33. The van der Waals surface area contributed by atoms with Crippen LogP contribution in [-0.2, 0) is 0 Å². The zero-order valence-electron chi connectivity index (χ0n) is 11.3. The number of benzene rings is 2. The van der Waals surface area contributed by atoms with Crippen molar-refractivity contribution >= 4 is 10.8 Å². The summed E-state index contributed by atoms with van der Waals surface area (Å²) in [6.07, 6.45) is 0. The van der Waals surface area contributed by atoms with Crippen LogP contribution in [0.25, 0.3) is 10.8 Å². The maximum absolute atomic E-state index is 6.01.